The summed E-state index contributed by atoms with van der Waals surface area (Å²) < 4.78 is 108. The third kappa shape index (κ3) is 4.23. The first-order valence-corrected chi connectivity index (χ1v) is 5.58. The lowest BCUT2D eigenvalue weighted by Crippen LogP contribution is -2.45. The fourth-order valence-corrected chi connectivity index (χ4v) is 2.15. The van der Waals surface area contributed by atoms with Gasteiger partial charge in [-0.15, -0.1) is 0 Å². The molecular weight excluding hydrogens is 304 g/mol. The van der Waals surface area contributed by atoms with Crippen LogP contribution in [0.3, 0.4) is 0 Å². The van der Waals surface area contributed by atoms with Crippen LogP contribution in [0.5, 0.6) is 0 Å². The molecule has 0 bridgehead atoms. The fraction of sp³-hybridized carbons (Fsp3) is 1.00. The molecule has 0 aromatic rings. The quantitative estimate of drug-likeness (QED) is 0.543. The molecule has 0 fully saturated rings. The van der Waals surface area contributed by atoms with Gasteiger partial charge in [-0.05, 0) is 0 Å². The van der Waals surface area contributed by atoms with Gasteiger partial charge in [0, 0.05) is 0 Å². The smallest absolute Gasteiger partial charge is 0.202 e. The molecule has 16 heavy (non-hydrogen) atoms. The van der Waals surface area contributed by atoms with Gasteiger partial charge >= 0.3 is 54.1 Å². The maximum atomic E-state index is 11.5. The second kappa shape index (κ2) is 4.83. The molecule has 96 valence electrons. The molecule has 0 aliphatic heterocycles. The minimum Gasteiger partial charge on any atom is -0.202 e. The molecule has 5 nitrogen and oxygen atoms in total. The first-order chi connectivity index (χ1) is 6.21. The Morgan fingerprint density at radius 1 is 0.688 bits per heavy atom. The molecule has 0 unspecified atom stereocenters. The van der Waals surface area contributed by atoms with E-state index in [0.717, 1.165) is 0 Å². The molecule has 0 spiro atoms. The van der Waals surface area contributed by atoms with Crippen LogP contribution in [0.2, 0.25) is 0 Å². The van der Waals surface area contributed by atoms with E-state index in [0.29, 0.717) is 0 Å². The third-order valence-electron chi connectivity index (χ3n) is 0.829. The molecule has 0 radical (unpaired) electrons. The van der Waals surface area contributed by atoms with E-state index < -0.39 is 35.2 Å². The molecular formula is C2H3F6MgNO4S2. The number of halogens is 6. The first kappa shape index (κ1) is 18.6. The Morgan fingerprint density at radius 3 is 1.00 bits per heavy atom. The van der Waals surface area contributed by atoms with Gasteiger partial charge in [-0.1, -0.05) is 4.13 Å². The molecule has 0 rings (SSSR count). The Bertz CT molecular complexity index is 390. The van der Waals surface area contributed by atoms with E-state index in [-0.39, 0.29) is 23.1 Å². The molecule has 0 saturated heterocycles. The minimum absolute atomic E-state index is 0. The lowest BCUT2D eigenvalue weighted by atomic mass is 11.6. The summed E-state index contributed by atoms with van der Waals surface area (Å²) in [6.07, 6.45) is 0. The second-order valence-electron chi connectivity index (χ2n) is 1.98. The maximum absolute atomic E-state index is 11.5. The zero-order chi connectivity index (χ0) is 12.7. The zero-order valence-corrected chi connectivity index (χ0v) is 7.85. The van der Waals surface area contributed by atoms with Crippen molar-refractivity contribution in [2.75, 3.05) is 0 Å². The fourth-order valence-electron chi connectivity index (χ4n) is 0.239. The average Bonchev–Trinajstić information content (AvgIpc) is 1.77. The molecule has 0 aromatic carbocycles. The van der Waals surface area contributed by atoms with Crippen molar-refractivity contribution in [3.8, 4) is 0 Å². The van der Waals surface area contributed by atoms with Crippen LogP contribution in [0, 0.1) is 0 Å². The molecule has 0 amide bonds. The Morgan fingerprint density at radius 2 is 0.875 bits per heavy atom. The van der Waals surface area contributed by atoms with E-state index >= 15 is 0 Å². The highest BCUT2D eigenvalue weighted by molar-refractivity contribution is 8.05. The zero-order valence-electron chi connectivity index (χ0n) is 6.22. The van der Waals surface area contributed by atoms with Gasteiger partial charge in [-0.2, -0.15) is 26.3 Å². The van der Waals surface area contributed by atoms with Crippen molar-refractivity contribution in [2.45, 2.75) is 11.0 Å². The number of alkyl halides is 6. The van der Waals surface area contributed by atoms with E-state index in [1.165, 1.54) is 0 Å². The van der Waals surface area contributed by atoms with E-state index in [9.17, 15) is 43.2 Å². The van der Waals surface area contributed by atoms with Crippen molar-refractivity contribution in [3.05, 3.63) is 0 Å². The van der Waals surface area contributed by atoms with Crippen molar-refractivity contribution in [1.29, 1.82) is 0 Å². The van der Waals surface area contributed by atoms with Crippen molar-refractivity contribution in [3.63, 3.8) is 0 Å². The van der Waals surface area contributed by atoms with Crippen LogP contribution >= 0.6 is 0 Å². The van der Waals surface area contributed by atoms with Gasteiger partial charge in [0.2, 0.25) is 0 Å². The lowest BCUT2D eigenvalue weighted by Gasteiger charge is -2.11. The number of nitrogens with one attached hydrogen (secondary N) is 1. The molecule has 0 aromatic heterocycles. The molecule has 0 atom stereocenters. The average molecular weight is 307 g/mol. The first-order valence-electron chi connectivity index (χ1n) is 2.62. The standard InChI is InChI=1S/C2HF6NO4S2.Mg.2H/c3-1(4,5)14(10,11)9-15(12,13)2(6,7)8;;;/h9H;;;. The maximum Gasteiger partial charge on any atom is 0.512 e. The number of sulfonamides is 2. The Balaban J connectivity index is 0. The SMILES string of the molecule is O=S(=O)(NS(=O)(=O)C(F)(F)F)C(F)(F)F.[MgH2]. The molecule has 0 heterocycles. The van der Waals surface area contributed by atoms with Crippen LogP contribution in [-0.4, -0.2) is 50.9 Å². The van der Waals surface area contributed by atoms with Crippen LogP contribution in [-0.2, 0) is 20.0 Å². The Labute approximate surface area is 101 Å². The summed E-state index contributed by atoms with van der Waals surface area (Å²) >= 11 is 0. The summed E-state index contributed by atoms with van der Waals surface area (Å²) in [6.45, 7) is 0. The Kier molecular flexibility index (Phi) is 5.61. The van der Waals surface area contributed by atoms with Crippen LogP contribution in [0.4, 0.5) is 26.3 Å². The predicted octanol–water partition coefficient (Wildman–Crippen LogP) is -0.641. The van der Waals surface area contributed by atoms with Crippen LogP contribution in [0.1, 0.15) is 0 Å². The van der Waals surface area contributed by atoms with Gasteiger partial charge in [0.1, 0.15) is 0 Å². The topological polar surface area (TPSA) is 80.3 Å². The van der Waals surface area contributed by atoms with Gasteiger partial charge in [0.25, 0.3) is 0 Å². The molecule has 0 aliphatic rings. The largest absolute Gasteiger partial charge is 0.512 e. The van der Waals surface area contributed by atoms with Gasteiger partial charge in [-0.3, -0.25) is 0 Å². The summed E-state index contributed by atoms with van der Waals surface area (Å²) in [5.74, 6) is 0. The van der Waals surface area contributed by atoms with Crippen LogP contribution in [0.15, 0.2) is 0 Å². The van der Waals surface area contributed by atoms with Gasteiger partial charge in [0.05, 0.1) is 0 Å². The Hall–Kier alpha value is 0.206. The highest BCUT2D eigenvalue weighted by Crippen LogP contribution is 2.27. The second-order valence-corrected chi connectivity index (χ2v) is 5.59. The molecule has 14 heteroatoms. The molecule has 0 aliphatic carbocycles. The van der Waals surface area contributed by atoms with E-state index in [4.69, 9.17) is 0 Å². The number of hydrogen-bond donors (Lipinski definition) is 1. The highest BCUT2D eigenvalue weighted by atomic mass is 32.3. The number of hydrogen-bond acceptors (Lipinski definition) is 4. The van der Waals surface area contributed by atoms with Crippen LogP contribution in [0.25, 0.3) is 0 Å². The van der Waals surface area contributed by atoms with Crippen LogP contribution < -0.4 is 4.13 Å². The summed E-state index contributed by atoms with van der Waals surface area (Å²) in [6, 6.07) is 0. The van der Waals surface area contributed by atoms with Gasteiger partial charge < -0.3 is 0 Å². The summed E-state index contributed by atoms with van der Waals surface area (Å²) in [4.78, 5) is 0. The summed E-state index contributed by atoms with van der Waals surface area (Å²) in [5, 5.41) is 0. The van der Waals surface area contributed by atoms with E-state index in [1.54, 1.807) is 0 Å². The van der Waals surface area contributed by atoms with Crippen molar-refractivity contribution < 1.29 is 43.2 Å². The normalized spacial score (nSPS) is 14.4. The van der Waals surface area contributed by atoms with E-state index in [2.05, 4.69) is 0 Å². The molecule has 1 N–H and O–H groups in total. The monoisotopic (exact) mass is 307 g/mol. The van der Waals surface area contributed by atoms with Crippen molar-refractivity contribution >= 4 is 43.1 Å². The summed E-state index contributed by atoms with van der Waals surface area (Å²) in [5.41, 5.74) is -12.3. The van der Waals surface area contributed by atoms with E-state index in [1.807, 2.05) is 0 Å². The lowest BCUT2D eigenvalue weighted by molar-refractivity contribution is -0.0476. The number of rotatable bonds is 2. The van der Waals surface area contributed by atoms with Gasteiger partial charge in [-0.25, -0.2) is 16.8 Å². The van der Waals surface area contributed by atoms with Crippen molar-refractivity contribution in [2.24, 2.45) is 0 Å². The molecule has 0 saturated carbocycles. The minimum atomic E-state index is -6.60. The third-order valence-corrected chi connectivity index (χ3v) is 3.80. The predicted molar refractivity (Wildman–Crippen MR) is 41.6 cm³/mol. The van der Waals surface area contributed by atoms with Gasteiger partial charge in [0.15, 0.2) is 0 Å². The summed E-state index contributed by atoms with van der Waals surface area (Å²) in [7, 11) is -13.2. The highest BCUT2D eigenvalue weighted by Gasteiger charge is 2.55. The van der Waals surface area contributed by atoms with Crippen molar-refractivity contribution in [1.82, 2.24) is 4.13 Å².